The highest BCUT2D eigenvalue weighted by molar-refractivity contribution is 7.16. The van der Waals surface area contributed by atoms with Crippen molar-refractivity contribution in [1.82, 2.24) is 19.8 Å². The van der Waals surface area contributed by atoms with Gasteiger partial charge < -0.3 is 5.32 Å². The van der Waals surface area contributed by atoms with Gasteiger partial charge in [0.25, 0.3) is 0 Å². The van der Waals surface area contributed by atoms with Gasteiger partial charge in [0.2, 0.25) is 10.9 Å². The number of hydrogen-bond acceptors (Lipinski definition) is 5. The van der Waals surface area contributed by atoms with Crippen LogP contribution in [0.5, 0.6) is 0 Å². The maximum Gasteiger partial charge on any atom is 0.234 e. The Morgan fingerprint density at radius 3 is 2.86 bits per heavy atom. The van der Waals surface area contributed by atoms with Crippen LogP contribution in [-0.2, 0) is 11.2 Å². The molecule has 1 aromatic carbocycles. The summed E-state index contributed by atoms with van der Waals surface area (Å²) in [6, 6.07) is 9.48. The number of para-hydroxylation sites is 1. The molecule has 112 valence electrons. The Labute approximate surface area is 131 Å². The second-order valence-electron chi connectivity index (χ2n) is 5.44. The number of carbonyl (C=O) groups is 1. The molecule has 1 N–H and O–H groups in total. The van der Waals surface area contributed by atoms with Crippen LogP contribution in [0.3, 0.4) is 0 Å². The Hall–Kier alpha value is -2.28. The molecule has 7 heteroatoms. The van der Waals surface area contributed by atoms with Crippen LogP contribution in [0.4, 0.5) is 5.69 Å². The van der Waals surface area contributed by atoms with E-state index in [1.54, 1.807) is 0 Å². The minimum absolute atomic E-state index is 0.000387. The maximum absolute atomic E-state index is 12.0. The molecule has 2 heterocycles. The van der Waals surface area contributed by atoms with Gasteiger partial charge >= 0.3 is 0 Å². The summed E-state index contributed by atoms with van der Waals surface area (Å²) >= 11 is 1.51. The topological polar surface area (TPSA) is 72.2 Å². The minimum atomic E-state index is -0.000387. The highest BCUT2D eigenvalue weighted by atomic mass is 32.1. The van der Waals surface area contributed by atoms with E-state index in [2.05, 4.69) is 20.6 Å². The van der Waals surface area contributed by atoms with Crippen molar-refractivity contribution in [3.8, 4) is 0 Å². The number of aromatic nitrogens is 4. The maximum atomic E-state index is 12.0. The molecule has 22 heavy (non-hydrogen) atoms. The van der Waals surface area contributed by atoms with E-state index < -0.39 is 0 Å². The summed E-state index contributed by atoms with van der Waals surface area (Å²) in [6.07, 6.45) is 3.38. The fourth-order valence-corrected chi connectivity index (χ4v) is 3.17. The van der Waals surface area contributed by atoms with E-state index in [9.17, 15) is 4.79 Å². The molecule has 0 saturated heterocycles. The third kappa shape index (κ3) is 2.71. The number of rotatable bonds is 5. The summed E-state index contributed by atoms with van der Waals surface area (Å²) in [6.45, 7) is 0. The van der Waals surface area contributed by atoms with Crippen LogP contribution in [0.2, 0.25) is 0 Å². The largest absolute Gasteiger partial charge is 0.326 e. The van der Waals surface area contributed by atoms with Crippen molar-refractivity contribution < 1.29 is 4.79 Å². The molecule has 0 aliphatic heterocycles. The van der Waals surface area contributed by atoms with Crippen molar-refractivity contribution in [2.24, 2.45) is 0 Å². The number of nitrogens with one attached hydrogen (secondary N) is 1. The second kappa shape index (κ2) is 5.49. The van der Waals surface area contributed by atoms with Crippen molar-refractivity contribution >= 4 is 27.9 Å². The van der Waals surface area contributed by atoms with E-state index in [-0.39, 0.29) is 5.91 Å². The van der Waals surface area contributed by atoms with Crippen LogP contribution >= 0.6 is 11.3 Å². The summed E-state index contributed by atoms with van der Waals surface area (Å²) in [4.78, 5) is 12.8. The molecule has 0 spiro atoms. The minimum Gasteiger partial charge on any atom is -0.326 e. The monoisotopic (exact) mass is 313 g/mol. The Bertz CT molecular complexity index is 806. The molecule has 1 amide bonds. The number of fused-ring (bicyclic) bond motifs is 1. The summed E-state index contributed by atoms with van der Waals surface area (Å²) < 4.78 is 1.84. The Balaban J connectivity index is 1.40. The molecule has 1 aliphatic carbocycles. The summed E-state index contributed by atoms with van der Waals surface area (Å²) in [5.74, 6) is 1.48. The number of aryl methyl sites for hydroxylation is 1. The molecule has 0 unspecified atom stereocenters. The lowest BCUT2D eigenvalue weighted by atomic mass is 10.3. The van der Waals surface area contributed by atoms with E-state index in [0.717, 1.165) is 21.5 Å². The first-order valence-corrected chi connectivity index (χ1v) is 8.17. The molecule has 1 aliphatic rings. The summed E-state index contributed by atoms with van der Waals surface area (Å²) in [5.41, 5.74) is 0.821. The van der Waals surface area contributed by atoms with E-state index in [0.29, 0.717) is 18.8 Å². The number of carbonyl (C=O) groups excluding carboxylic acids is 1. The van der Waals surface area contributed by atoms with Crippen LogP contribution < -0.4 is 5.32 Å². The molecule has 4 rings (SSSR count). The van der Waals surface area contributed by atoms with Gasteiger partial charge in [-0.05, 0) is 25.0 Å². The van der Waals surface area contributed by atoms with Gasteiger partial charge in [0.1, 0.15) is 5.01 Å². The number of hydrogen-bond donors (Lipinski definition) is 1. The zero-order valence-electron chi connectivity index (χ0n) is 11.9. The highest BCUT2D eigenvalue weighted by Crippen LogP contribution is 2.39. The SMILES string of the molecule is O=C(CCc1nn2c(C3CC3)nnc2s1)Nc1ccccc1. The van der Waals surface area contributed by atoms with E-state index in [1.807, 2.05) is 34.8 Å². The van der Waals surface area contributed by atoms with Gasteiger partial charge in [-0.3, -0.25) is 4.79 Å². The standard InChI is InChI=1S/C15H15N5OS/c21-12(16-11-4-2-1-3-5-11)8-9-13-19-20-14(10-6-7-10)17-18-15(20)22-13/h1-5,10H,6-9H2,(H,16,21). The van der Waals surface area contributed by atoms with Crippen LogP contribution in [0.25, 0.3) is 4.96 Å². The van der Waals surface area contributed by atoms with Crippen LogP contribution in [0.1, 0.15) is 36.0 Å². The second-order valence-corrected chi connectivity index (χ2v) is 6.48. The van der Waals surface area contributed by atoms with Gasteiger partial charge in [0, 0.05) is 24.4 Å². The molecule has 0 radical (unpaired) electrons. The van der Waals surface area contributed by atoms with E-state index >= 15 is 0 Å². The lowest BCUT2D eigenvalue weighted by Crippen LogP contribution is -2.12. The number of anilines is 1. The predicted molar refractivity (Wildman–Crippen MR) is 84.0 cm³/mol. The van der Waals surface area contributed by atoms with Gasteiger partial charge in [0.15, 0.2) is 5.82 Å². The smallest absolute Gasteiger partial charge is 0.234 e. The summed E-state index contributed by atoms with van der Waals surface area (Å²) in [5, 5.41) is 16.7. The van der Waals surface area contributed by atoms with Crippen LogP contribution in [-0.4, -0.2) is 25.7 Å². The molecule has 3 aromatic rings. The summed E-state index contributed by atoms with van der Waals surface area (Å²) in [7, 11) is 0. The van der Waals surface area contributed by atoms with Crippen molar-refractivity contribution in [2.45, 2.75) is 31.6 Å². The van der Waals surface area contributed by atoms with E-state index in [1.165, 1.54) is 24.2 Å². The van der Waals surface area contributed by atoms with Crippen molar-refractivity contribution in [3.63, 3.8) is 0 Å². The Kier molecular flexibility index (Phi) is 3.34. The number of benzene rings is 1. The molecular formula is C15H15N5OS. The molecule has 0 atom stereocenters. The third-order valence-corrected chi connectivity index (χ3v) is 4.58. The average molecular weight is 313 g/mol. The molecule has 1 fully saturated rings. The number of nitrogens with zero attached hydrogens (tertiary/aromatic N) is 4. The van der Waals surface area contributed by atoms with Crippen molar-refractivity contribution in [2.75, 3.05) is 5.32 Å². The molecule has 2 aromatic heterocycles. The van der Waals surface area contributed by atoms with Gasteiger partial charge in [-0.1, -0.05) is 29.5 Å². The Morgan fingerprint density at radius 2 is 2.09 bits per heavy atom. The highest BCUT2D eigenvalue weighted by Gasteiger charge is 2.30. The van der Waals surface area contributed by atoms with Crippen LogP contribution in [0, 0.1) is 0 Å². The average Bonchev–Trinajstić information content (AvgIpc) is 3.16. The van der Waals surface area contributed by atoms with Gasteiger partial charge in [-0.15, -0.1) is 10.2 Å². The lowest BCUT2D eigenvalue weighted by molar-refractivity contribution is -0.116. The first-order valence-electron chi connectivity index (χ1n) is 7.35. The quantitative estimate of drug-likeness (QED) is 0.786. The molecule has 0 bridgehead atoms. The third-order valence-electron chi connectivity index (χ3n) is 3.62. The molecular weight excluding hydrogens is 298 g/mol. The Morgan fingerprint density at radius 1 is 1.27 bits per heavy atom. The molecule has 1 saturated carbocycles. The number of amides is 1. The van der Waals surface area contributed by atoms with Crippen LogP contribution in [0.15, 0.2) is 30.3 Å². The fourth-order valence-electron chi connectivity index (χ4n) is 2.33. The normalized spacial score (nSPS) is 14.4. The lowest BCUT2D eigenvalue weighted by Gasteiger charge is -2.03. The zero-order chi connectivity index (χ0) is 14.9. The predicted octanol–water partition coefficient (Wildman–Crippen LogP) is 2.63. The van der Waals surface area contributed by atoms with Crippen molar-refractivity contribution in [1.29, 1.82) is 0 Å². The molecule has 6 nitrogen and oxygen atoms in total. The van der Waals surface area contributed by atoms with E-state index in [4.69, 9.17) is 0 Å². The zero-order valence-corrected chi connectivity index (χ0v) is 12.7. The first-order chi connectivity index (χ1) is 10.8. The van der Waals surface area contributed by atoms with Crippen molar-refractivity contribution in [3.05, 3.63) is 41.2 Å². The van der Waals surface area contributed by atoms with Gasteiger partial charge in [-0.25, -0.2) is 0 Å². The first kappa shape index (κ1) is 13.4. The van der Waals surface area contributed by atoms with Gasteiger partial charge in [-0.2, -0.15) is 9.61 Å². The fraction of sp³-hybridized carbons (Fsp3) is 0.333. The van der Waals surface area contributed by atoms with Gasteiger partial charge in [0.05, 0.1) is 0 Å².